The molecule has 25 heavy (non-hydrogen) atoms. The van der Waals surface area contributed by atoms with Gasteiger partial charge in [-0.2, -0.15) is 0 Å². The molecule has 0 saturated carbocycles. The lowest BCUT2D eigenvalue weighted by atomic mass is 9.98. The first-order chi connectivity index (χ1) is 11.8. The van der Waals surface area contributed by atoms with E-state index in [1.807, 2.05) is 12.1 Å². The topological polar surface area (TPSA) is 74.7 Å². The molecule has 1 fully saturated rings. The van der Waals surface area contributed by atoms with E-state index in [0.29, 0.717) is 24.6 Å². The number of aromatic hydroxyl groups is 1. The average Bonchev–Trinajstić information content (AvgIpc) is 3.02. The van der Waals surface area contributed by atoms with Crippen molar-refractivity contribution in [2.24, 2.45) is 5.92 Å². The van der Waals surface area contributed by atoms with Crippen molar-refractivity contribution in [1.29, 1.82) is 0 Å². The Morgan fingerprint density at radius 2 is 1.96 bits per heavy atom. The Bertz CT molecular complexity index is 892. The molecule has 0 spiro atoms. The highest BCUT2D eigenvalue weighted by Crippen LogP contribution is 2.24. The summed E-state index contributed by atoms with van der Waals surface area (Å²) < 4.78 is 23.3. The third-order valence-corrected chi connectivity index (χ3v) is 5.63. The van der Waals surface area contributed by atoms with E-state index in [-0.39, 0.29) is 16.6 Å². The lowest BCUT2D eigenvalue weighted by molar-refractivity contribution is 0.0787. The second-order valence-electron chi connectivity index (χ2n) is 6.58. The molecule has 0 bridgehead atoms. The number of likely N-dealkylation sites (tertiary alicyclic amines) is 1. The second-order valence-corrected chi connectivity index (χ2v) is 8.60. The van der Waals surface area contributed by atoms with Crippen molar-refractivity contribution in [2.75, 3.05) is 19.3 Å². The van der Waals surface area contributed by atoms with Crippen molar-refractivity contribution in [2.45, 2.75) is 17.7 Å². The number of carbonyl (C=O) groups is 1. The molecule has 1 saturated heterocycles. The Morgan fingerprint density at radius 3 is 2.68 bits per heavy atom. The van der Waals surface area contributed by atoms with Crippen LogP contribution in [0.1, 0.15) is 22.3 Å². The molecular weight excluding hydrogens is 338 g/mol. The number of benzene rings is 2. The SMILES string of the molecule is CS(=O)(=O)c1cccc(C(=O)N2CCC(Cc3cccc(O)c3)C2)c1. The van der Waals surface area contributed by atoms with Crippen molar-refractivity contribution in [3.63, 3.8) is 0 Å². The summed E-state index contributed by atoms with van der Waals surface area (Å²) in [6, 6.07) is 13.4. The molecule has 1 aliphatic heterocycles. The Kier molecular flexibility index (Phi) is 4.81. The van der Waals surface area contributed by atoms with Gasteiger partial charge >= 0.3 is 0 Å². The van der Waals surface area contributed by atoms with Crippen LogP contribution in [0.2, 0.25) is 0 Å². The average molecular weight is 359 g/mol. The van der Waals surface area contributed by atoms with Crippen LogP contribution in [0.5, 0.6) is 5.75 Å². The summed E-state index contributed by atoms with van der Waals surface area (Å²) in [7, 11) is -3.33. The maximum Gasteiger partial charge on any atom is 0.253 e. The number of nitrogens with zero attached hydrogens (tertiary/aromatic N) is 1. The third-order valence-electron chi connectivity index (χ3n) is 4.52. The summed E-state index contributed by atoms with van der Waals surface area (Å²) >= 11 is 0. The van der Waals surface area contributed by atoms with Crippen LogP contribution in [0.15, 0.2) is 53.4 Å². The highest BCUT2D eigenvalue weighted by atomic mass is 32.2. The minimum atomic E-state index is -3.33. The molecule has 1 N–H and O–H groups in total. The van der Waals surface area contributed by atoms with Crippen molar-refractivity contribution in [3.8, 4) is 5.75 Å². The summed E-state index contributed by atoms with van der Waals surface area (Å²) in [4.78, 5) is 14.6. The fraction of sp³-hybridized carbons (Fsp3) is 0.316. The van der Waals surface area contributed by atoms with Crippen molar-refractivity contribution >= 4 is 15.7 Å². The molecule has 0 aliphatic carbocycles. The van der Waals surface area contributed by atoms with E-state index in [1.54, 1.807) is 29.2 Å². The Labute approximate surface area is 147 Å². The Morgan fingerprint density at radius 1 is 1.20 bits per heavy atom. The smallest absolute Gasteiger partial charge is 0.253 e. The van der Waals surface area contributed by atoms with Crippen LogP contribution in [0, 0.1) is 5.92 Å². The molecule has 5 nitrogen and oxygen atoms in total. The van der Waals surface area contributed by atoms with Crippen molar-refractivity contribution in [1.82, 2.24) is 4.90 Å². The number of carbonyl (C=O) groups excluding carboxylic acids is 1. The summed E-state index contributed by atoms with van der Waals surface area (Å²) in [6.45, 7) is 1.29. The molecular formula is C19H21NO4S. The number of rotatable bonds is 4. The molecule has 3 rings (SSSR count). The number of amides is 1. The van der Waals surface area contributed by atoms with Gasteiger partial charge in [0.2, 0.25) is 0 Å². The van der Waals surface area contributed by atoms with Crippen LogP contribution in [-0.4, -0.2) is 43.7 Å². The molecule has 2 aromatic carbocycles. The van der Waals surface area contributed by atoms with Crippen LogP contribution in [-0.2, 0) is 16.3 Å². The van der Waals surface area contributed by atoms with Crippen LogP contribution < -0.4 is 0 Å². The summed E-state index contributed by atoms with van der Waals surface area (Å²) in [5, 5.41) is 9.55. The maximum atomic E-state index is 12.7. The predicted molar refractivity (Wildman–Crippen MR) is 95.4 cm³/mol. The van der Waals surface area contributed by atoms with Gasteiger partial charge in [-0.15, -0.1) is 0 Å². The molecule has 0 radical (unpaired) electrons. The zero-order valence-electron chi connectivity index (χ0n) is 14.1. The van der Waals surface area contributed by atoms with Crippen LogP contribution in [0.3, 0.4) is 0 Å². The van der Waals surface area contributed by atoms with E-state index in [1.165, 1.54) is 12.1 Å². The molecule has 0 aromatic heterocycles. The fourth-order valence-corrected chi connectivity index (χ4v) is 3.91. The first-order valence-corrected chi connectivity index (χ1v) is 10.1. The van der Waals surface area contributed by atoms with Gasteiger partial charge in [0.15, 0.2) is 9.84 Å². The van der Waals surface area contributed by atoms with E-state index in [4.69, 9.17) is 0 Å². The normalized spacial score (nSPS) is 17.6. The lowest BCUT2D eigenvalue weighted by Crippen LogP contribution is -2.29. The first-order valence-electron chi connectivity index (χ1n) is 8.20. The van der Waals surface area contributed by atoms with E-state index in [9.17, 15) is 18.3 Å². The van der Waals surface area contributed by atoms with Gasteiger partial charge in [-0.1, -0.05) is 18.2 Å². The first kappa shape index (κ1) is 17.5. The van der Waals surface area contributed by atoms with Gasteiger partial charge in [0.1, 0.15) is 5.75 Å². The standard InChI is InChI=1S/C19H21NO4S/c1-25(23,24)18-7-3-5-16(12-18)19(22)20-9-8-15(13-20)10-14-4-2-6-17(21)11-14/h2-7,11-12,15,21H,8-10,13H2,1H3. The number of hydrogen-bond donors (Lipinski definition) is 1. The maximum absolute atomic E-state index is 12.7. The molecule has 132 valence electrons. The largest absolute Gasteiger partial charge is 0.508 e. The molecule has 6 heteroatoms. The minimum absolute atomic E-state index is 0.135. The van der Waals surface area contributed by atoms with Gasteiger partial charge in [0, 0.05) is 24.9 Å². The van der Waals surface area contributed by atoms with Gasteiger partial charge in [0.05, 0.1) is 4.90 Å². The summed E-state index contributed by atoms with van der Waals surface area (Å²) in [6.07, 6.45) is 2.84. The van der Waals surface area contributed by atoms with E-state index in [0.717, 1.165) is 24.7 Å². The molecule has 1 amide bonds. The van der Waals surface area contributed by atoms with Crippen LogP contribution in [0.25, 0.3) is 0 Å². The predicted octanol–water partition coefficient (Wildman–Crippen LogP) is 2.50. The molecule has 1 heterocycles. The minimum Gasteiger partial charge on any atom is -0.508 e. The number of sulfone groups is 1. The molecule has 1 atom stereocenters. The van der Waals surface area contributed by atoms with Crippen LogP contribution in [0.4, 0.5) is 0 Å². The highest BCUT2D eigenvalue weighted by molar-refractivity contribution is 7.90. The fourth-order valence-electron chi connectivity index (χ4n) is 3.24. The molecule has 2 aromatic rings. The highest BCUT2D eigenvalue weighted by Gasteiger charge is 2.27. The second kappa shape index (κ2) is 6.88. The van der Waals surface area contributed by atoms with E-state index >= 15 is 0 Å². The zero-order chi connectivity index (χ0) is 18.0. The van der Waals surface area contributed by atoms with Crippen LogP contribution >= 0.6 is 0 Å². The van der Waals surface area contributed by atoms with Gasteiger partial charge in [-0.25, -0.2) is 8.42 Å². The Hall–Kier alpha value is -2.34. The van der Waals surface area contributed by atoms with Gasteiger partial charge < -0.3 is 10.0 Å². The van der Waals surface area contributed by atoms with Crippen molar-refractivity contribution < 1.29 is 18.3 Å². The molecule has 1 unspecified atom stereocenters. The van der Waals surface area contributed by atoms with Gasteiger partial charge in [-0.05, 0) is 54.7 Å². The van der Waals surface area contributed by atoms with Crippen molar-refractivity contribution in [3.05, 3.63) is 59.7 Å². The quantitative estimate of drug-likeness (QED) is 0.910. The van der Waals surface area contributed by atoms with Gasteiger partial charge in [0.25, 0.3) is 5.91 Å². The summed E-state index contributed by atoms with van der Waals surface area (Å²) in [5.74, 6) is 0.453. The third kappa shape index (κ3) is 4.20. The monoisotopic (exact) mass is 359 g/mol. The molecule has 1 aliphatic rings. The number of phenols is 1. The number of hydrogen-bond acceptors (Lipinski definition) is 4. The lowest BCUT2D eigenvalue weighted by Gasteiger charge is -2.17. The zero-order valence-corrected chi connectivity index (χ0v) is 14.9. The summed E-state index contributed by atoms with van der Waals surface area (Å²) in [5.41, 5.74) is 1.46. The van der Waals surface area contributed by atoms with Gasteiger partial charge in [-0.3, -0.25) is 4.79 Å². The van der Waals surface area contributed by atoms with E-state index < -0.39 is 9.84 Å². The number of phenolic OH excluding ortho intramolecular Hbond substituents is 1. The Balaban J connectivity index is 1.68. The van der Waals surface area contributed by atoms with E-state index in [2.05, 4.69) is 0 Å².